The molecular weight excluding hydrogens is 262 g/mol. The summed E-state index contributed by atoms with van der Waals surface area (Å²) in [5.74, 6) is 0. The van der Waals surface area contributed by atoms with Crippen molar-refractivity contribution < 1.29 is 4.74 Å². The van der Waals surface area contributed by atoms with Crippen LogP contribution in [0, 0.1) is 0 Å². The number of rotatable bonds is 8. The number of hydrogen-bond acceptors (Lipinski definition) is 4. The van der Waals surface area contributed by atoms with E-state index in [1.54, 1.807) is 7.11 Å². The van der Waals surface area contributed by atoms with E-state index in [-0.39, 0.29) is 5.54 Å². The molecule has 0 saturated carbocycles. The quantitative estimate of drug-likeness (QED) is 0.789. The molecule has 2 N–H and O–H groups in total. The monoisotopic (exact) mass is 291 g/mol. The number of likely N-dealkylation sites (tertiary alicyclic amines) is 1. The van der Waals surface area contributed by atoms with Crippen molar-refractivity contribution in [2.24, 2.45) is 5.73 Å². The summed E-state index contributed by atoms with van der Waals surface area (Å²) in [5.41, 5.74) is 7.66. The van der Waals surface area contributed by atoms with Gasteiger partial charge in [0, 0.05) is 45.4 Å². The van der Waals surface area contributed by atoms with Gasteiger partial charge in [0.05, 0.1) is 6.61 Å². The van der Waals surface area contributed by atoms with Crippen molar-refractivity contribution in [3.63, 3.8) is 0 Å². The molecule has 1 saturated heterocycles. The van der Waals surface area contributed by atoms with Crippen molar-refractivity contribution in [3.8, 4) is 0 Å². The molecule has 0 aliphatic carbocycles. The standard InChI is InChI=1S/C17H29N3O/c1-3-20(11-12-21-2)17(14-18)9-10-19(15-17)13-16-7-5-4-6-8-16/h4-8H,3,9-15,18H2,1-2H3. The van der Waals surface area contributed by atoms with Crippen LogP contribution in [0.5, 0.6) is 0 Å². The van der Waals surface area contributed by atoms with Crippen molar-refractivity contribution in [1.82, 2.24) is 9.80 Å². The van der Waals surface area contributed by atoms with Crippen LogP contribution in [0.15, 0.2) is 30.3 Å². The average Bonchev–Trinajstić information content (AvgIpc) is 2.93. The number of ether oxygens (including phenoxy) is 1. The molecule has 1 fully saturated rings. The maximum atomic E-state index is 6.16. The van der Waals surface area contributed by atoms with E-state index in [1.807, 2.05) is 0 Å². The van der Waals surface area contributed by atoms with Crippen LogP contribution in [0.1, 0.15) is 18.9 Å². The van der Waals surface area contributed by atoms with E-state index in [1.165, 1.54) is 5.56 Å². The van der Waals surface area contributed by atoms with Crippen LogP contribution in [0.2, 0.25) is 0 Å². The molecule has 1 unspecified atom stereocenters. The summed E-state index contributed by atoms with van der Waals surface area (Å²) < 4.78 is 5.25. The van der Waals surface area contributed by atoms with Crippen LogP contribution in [0.25, 0.3) is 0 Å². The second-order valence-electron chi connectivity index (χ2n) is 5.95. The van der Waals surface area contributed by atoms with Crippen LogP contribution in [0.4, 0.5) is 0 Å². The van der Waals surface area contributed by atoms with E-state index in [2.05, 4.69) is 47.1 Å². The predicted molar refractivity (Wildman–Crippen MR) is 87.2 cm³/mol. The highest BCUT2D eigenvalue weighted by atomic mass is 16.5. The Labute approximate surface area is 128 Å². The molecule has 1 heterocycles. The van der Waals surface area contributed by atoms with E-state index < -0.39 is 0 Å². The molecule has 0 radical (unpaired) electrons. The first-order valence-corrected chi connectivity index (χ1v) is 7.94. The molecule has 1 aromatic rings. The van der Waals surface area contributed by atoms with Crippen molar-refractivity contribution in [1.29, 1.82) is 0 Å². The molecule has 0 bridgehead atoms. The Morgan fingerprint density at radius 2 is 2.10 bits per heavy atom. The molecule has 1 aliphatic heterocycles. The first-order valence-electron chi connectivity index (χ1n) is 7.94. The molecule has 1 atom stereocenters. The van der Waals surface area contributed by atoms with E-state index in [4.69, 9.17) is 10.5 Å². The molecule has 0 aromatic heterocycles. The zero-order valence-corrected chi connectivity index (χ0v) is 13.4. The van der Waals surface area contributed by atoms with E-state index in [0.717, 1.165) is 52.3 Å². The molecule has 0 spiro atoms. The summed E-state index contributed by atoms with van der Waals surface area (Å²) in [6, 6.07) is 10.7. The van der Waals surface area contributed by atoms with Crippen molar-refractivity contribution in [2.45, 2.75) is 25.4 Å². The van der Waals surface area contributed by atoms with Gasteiger partial charge in [0.1, 0.15) is 0 Å². The zero-order valence-electron chi connectivity index (χ0n) is 13.4. The van der Waals surface area contributed by atoms with Gasteiger partial charge >= 0.3 is 0 Å². The second-order valence-corrected chi connectivity index (χ2v) is 5.95. The van der Waals surface area contributed by atoms with Gasteiger partial charge in [-0.05, 0) is 18.5 Å². The minimum Gasteiger partial charge on any atom is -0.383 e. The fourth-order valence-electron chi connectivity index (χ4n) is 3.40. The summed E-state index contributed by atoms with van der Waals surface area (Å²) >= 11 is 0. The number of hydrogen-bond donors (Lipinski definition) is 1. The van der Waals surface area contributed by atoms with E-state index >= 15 is 0 Å². The molecule has 2 rings (SSSR count). The normalized spacial score (nSPS) is 23.0. The Morgan fingerprint density at radius 3 is 2.71 bits per heavy atom. The molecule has 1 aromatic carbocycles. The second kappa shape index (κ2) is 7.90. The van der Waals surface area contributed by atoms with Gasteiger partial charge in [-0.25, -0.2) is 0 Å². The summed E-state index contributed by atoms with van der Waals surface area (Å²) in [7, 11) is 1.76. The first-order chi connectivity index (χ1) is 10.2. The van der Waals surface area contributed by atoms with Crippen molar-refractivity contribution in [3.05, 3.63) is 35.9 Å². The highest BCUT2D eigenvalue weighted by Gasteiger charge is 2.40. The van der Waals surface area contributed by atoms with Gasteiger partial charge in [-0.3, -0.25) is 9.80 Å². The summed E-state index contributed by atoms with van der Waals surface area (Å²) in [4.78, 5) is 5.03. The molecule has 1 aliphatic rings. The largest absolute Gasteiger partial charge is 0.383 e. The lowest BCUT2D eigenvalue weighted by molar-refractivity contribution is 0.0679. The van der Waals surface area contributed by atoms with Crippen LogP contribution < -0.4 is 5.73 Å². The van der Waals surface area contributed by atoms with Crippen LogP contribution in [0.3, 0.4) is 0 Å². The van der Waals surface area contributed by atoms with Gasteiger partial charge in [-0.1, -0.05) is 37.3 Å². The summed E-state index contributed by atoms with van der Waals surface area (Å²) in [6.45, 7) is 8.89. The zero-order chi connectivity index (χ0) is 15.1. The predicted octanol–water partition coefficient (Wildman–Crippen LogP) is 1.56. The number of benzene rings is 1. The third kappa shape index (κ3) is 4.04. The van der Waals surface area contributed by atoms with Crippen LogP contribution in [-0.2, 0) is 11.3 Å². The Balaban J connectivity index is 1.99. The highest BCUT2D eigenvalue weighted by molar-refractivity contribution is 5.15. The van der Waals surface area contributed by atoms with Gasteiger partial charge in [0.15, 0.2) is 0 Å². The fourth-order valence-corrected chi connectivity index (χ4v) is 3.40. The van der Waals surface area contributed by atoms with E-state index in [0.29, 0.717) is 0 Å². The molecular formula is C17H29N3O. The fraction of sp³-hybridized carbons (Fsp3) is 0.647. The Hall–Kier alpha value is -0.940. The lowest BCUT2D eigenvalue weighted by atomic mass is 9.96. The third-order valence-electron chi connectivity index (χ3n) is 4.66. The van der Waals surface area contributed by atoms with Gasteiger partial charge in [-0.2, -0.15) is 0 Å². The third-order valence-corrected chi connectivity index (χ3v) is 4.66. The van der Waals surface area contributed by atoms with Crippen LogP contribution >= 0.6 is 0 Å². The molecule has 0 amide bonds. The maximum absolute atomic E-state index is 6.16. The average molecular weight is 291 g/mol. The summed E-state index contributed by atoms with van der Waals surface area (Å²) in [5, 5.41) is 0. The summed E-state index contributed by atoms with van der Waals surface area (Å²) in [6.07, 6.45) is 1.15. The number of nitrogens with zero attached hydrogens (tertiary/aromatic N) is 2. The lowest BCUT2D eigenvalue weighted by Gasteiger charge is -2.40. The minimum atomic E-state index is 0.113. The molecule has 4 heteroatoms. The minimum absolute atomic E-state index is 0.113. The van der Waals surface area contributed by atoms with Gasteiger partial charge < -0.3 is 10.5 Å². The SMILES string of the molecule is CCN(CCOC)C1(CN)CCN(Cc2ccccc2)C1. The van der Waals surface area contributed by atoms with E-state index in [9.17, 15) is 0 Å². The lowest BCUT2D eigenvalue weighted by Crippen LogP contribution is -2.56. The highest BCUT2D eigenvalue weighted by Crippen LogP contribution is 2.28. The van der Waals surface area contributed by atoms with Gasteiger partial charge in [0.25, 0.3) is 0 Å². The molecule has 118 valence electrons. The number of methoxy groups -OCH3 is 1. The molecule has 4 nitrogen and oxygen atoms in total. The molecule has 21 heavy (non-hydrogen) atoms. The number of nitrogens with two attached hydrogens (primary N) is 1. The Kier molecular flexibility index (Phi) is 6.18. The van der Waals surface area contributed by atoms with Gasteiger partial charge in [0.2, 0.25) is 0 Å². The first kappa shape index (κ1) is 16.4. The van der Waals surface area contributed by atoms with Gasteiger partial charge in [-0.15, -0.1) is 0 Å². The van der Waals surface area contributed by atoms with Crippen LogP contribution in [-0.4, -0.2) is 61.8 Å². The Bertz CT molecular complexity index is 412. The maximum Gasteiger partial charge on any atom is 0.0589 e. The topological polar surface area (TPSA) is 41.7 Å². The van der Waals surface area contributed by atoms with Crippen molar-refractivity contribution in [2.75, 3.05) is 46.4 Å². The number of likely N-dealkylation sites (N-methyl/N-ethyl adjacent to an activating group) is 1. The Morgan fingerprint density at radius 1 is 1.33 bits per heavy atom. The van der Waals surface area contributed by atoms with Crippen molar-refractivity contribution >= 4 is 0 Å². The smallest absolute Gasteiger partial charge is 0.0589 e.